The number of aromatic nitrogens is 2. The van der Waals surface area contributed by atoms with E-state index in [9.17, 15) is 4.79 Å². The van der Waals surface area contributed by atoms with Gasteiger partial charge in [-0.25, -0.2) is 0 Å². The molecule has 1 unspecified atom stereocenters. The Balaban J connectivity index is 0. The highest BCUT2D eigenvalue weighted by atomic mass is 35.5. The van der Waals surface area contributed by atoms with Crippen molar-refractivity contribution in [1.29, 1.82) is 0 Å². The smallest absolute Gasteiger partial charge is 0.220 e. The van der Waals surface area contributed by atoms with Crippen molar-refractivity contribution >= 4 is 30.7 Å². The highest BCUT2D eigenvalue weighted by Gasteiger charge is 2.10. The van der Waals surface area contributed by atoms with Gasteiger partial charge in [-0.3, -0.25) is 9.48 Å². The molecule has 0 saturated heterocycles. The van der Waals surface area contributed by atoms with Crippen molar-refractivity contribution in [3.63, 3.8) is 0 Å². The zero-order valence-electron chi connectivity index (χ0n) is 12.2. The van der Waals surface area contributed by atoms with Gasteiger partial charge in [-0.15, -0.1) is 24.8 Å². The van der Waals surface area contributed by atoms with Gasteiger partial charge in [0.25, 0.3) is 0 Å². The zero-order chi connectivity index (χ0) is 13.4. The van der Waals surface area contributed by atoms with Gasteiger partial charge in [0.05, 0.1) is 6.20 Å². The number of carbonyl (C=O) groups excluding carboxylic acids is 1. The molecule has 118 valence electrons. The second-order valence-corrected chi connectivity index (χ2v) is 4.66. The highest BCUT2D eigenvalue weighted by molar-refractivity contribution is 5.85. The number of amides is 1. The van der Waals surface area contributed by atoms with Crippen molar-refractivity contribution in [1.82, 2.24) is 15.1 Å². The van der Waals surface area contributed by atoms with E-state index in [0.717, 1.165) is 31.2 Å². The number of hydrogen-bond donors (Lipinski definition) is 2. The molecule has 0 aliphatic rings. The Hall–Kier alpha value is -0.780. The van der Waals surface area contributed by atoms with Gasteiger partial charge in [-0.1, -0.05) is 19.8 Å². The lowest BCUT2D eigenvalue weighted by molar-refractivity contribution is -0.121. The molecule has 0 radical (unpaired) electrons. The van der Waals surface area contributed by atoms with E-state index < -0.39 is 0 Å². The van der Waals surface area contributed by atoms with Crippen molar-refractivity contribution in [3.8, 4) is 0 Å². The third kappa shape index (κ3) is 8.40. The first-order valence-electron chi connectivity index (χ1n) is 6.62. The first kappa shape index (κ1) is 21.5. The van der Waals surface area contributed by atoms with Crippen LogP contribution in [0.3, 0.4) is 0 Å². The molecule has 1 aromatic heterocycles. The van der Waals surface area contributed by atoms with E-state index in [1.807, 2.05) is 13.2 Å². The van der Waals surface area contributed by atoms with Gasteiger partial charge in [0.15, 0.2) is 0 Å². The van der Waals surface area contributed by atoms with Gasteiger partial charge in [0, 0.05) is 32.3 Å². The zero-order valence-corrected chi connectivity index (χ0v) is 13.8. The fourth-order valence-electron chi connectivity index (χ4n) is 1.86. The van der Waals surface area contributed by atoms with Gasteiger partial charge in [0.1, 0.15) is 0 Å². The summed E-state index contributed by atoms with van der Waals surface area (Å²) in [4.78, 5) is 11.8. The molecule has 0 aliphatic carbocycles. The van der Waals surface area contributed by atoms with Crippen LogP contribution < -0.4 is 11.1 Å². The lowest BCUT2D eigenvalue weighted by Gasteiger charge is -2.16. The number of halogens is 2. The summed E-state index contributed by atoms with van der Waals surface area (Å²) in [7, 11) is 1.87. The molecule has 0 spiro atoms. The minimum Gasteiger partial charge on any atom is -0.352 e. The summed E-state index contributed by atoms with van der Waals surface area (Å²) in [6.07, 6.45) is 8.15. The van der Waals surface area contributed by atoms with Crippen molar-refractivity contribution in [2.75, 3.05) is 6.54 Å². The monoisotopic (exact) mass is 324 g/mol. The average Bonchev–Trinajstić information content (AvgIpc) is 2.78. The minimum atomic E-state index is 0. The number of unbranched alkanes of at least 4 members (excludes halogenated alkanes) is 1. The molecule has 0 bridgehead atoms. The molecular weight excluding hydrogens is 299 g/mol. The maximum Gasteiger partial charge on any atom is 0.220 e. The van der Waals surface area contributed by atoms with Gasteiger partial charge < -0.3 is 11.1 Å². The molecule has 1 atom stereocenters. The quantitative estimate of drug-likeness (QED) is 0.766. The number of nitrogens with zero attached hydrogens (tertiary/aromatic N) is 2. The molecular formula is C13H26Cl2N4O. The molecule has 20 heavy (non-hydrogen) atoms. The van der Waals surface area contributed by atoms with Crippen LogP contribution in [0, 0.1) is 0 Å². The van der Waals surface area contributed by atoms with Crippen molar-refractivity contribution in [2.45, 2.75) is 45.1 Å². The minimum absolute atomic E-state index is 0. The van der Waals surface area contributed by atoms with Gasteiger partial charge >= 0.3 is 0 Å². The van der Waals surface area contributed by atoms with Crippen LogP contribution >= 0.6 is 24.8 Å². The van der Waals surface area contributed by atoms with Crippen LogP contribution in [0.25, 0.3) is 0 Å². The normalized spacial score (nSPS) is 11.2. The molecule has 0 aliphatic heterocycles. The Morgan fingerprint density at radius 2 is 2.20 bits per heavy atom. The van der Waals surface area contributed by atoms with E-state index in [4.69, 9.17) is 5.73 Å². The molecule has 1 aromatic rings. The number of hydrogen-bond acceptors (Lipinski definition) is 3. The SMILES string of the molecule is CCCCC(CN)NC(=O)CCc1cnn(C)c1.Cl.Cl. The number of nitrogens with two attached hydrogens (primary N) is 1. The lowest BCUT2D eigenvalue weighted by atomic mass is 10.1. The number of rotatable bonds is 8. The maximum absolute atomic E-state index is 11.8. The largest absolute Gasteiger partial charge is 0.352 e. The van der Waals surface area contributed by atoms with Gasteiger partial charge in [0.2, 0.25) is 5.91 Å². The fraction of sp³-hybridized carbons (Fsp3) is 0.692. The van der Waals surface area contributed by atoms with E-state index in [-0.39, 0.29) is 36.8 Å². The Morgan fingerprint density at radius 3 is 2.70 bits per heavy atom. The van der Waals surface area contributed by atoms with Crippen LogP contribution in [0.1, 0.15) is 38.2 Å². The Kier molecular flexibility index (Phi) is 12.9. The maximum atomic E-state index is 11.8. The molecule has 7 heteroatoms. The average molecular weight is 325 g/mol. The summed E-state index contributed by atoms with van der Waals surface area (Å²) in [5, 5.41) is 7.06. The topological polar surface area (TPSA) is 72.9 Å². The number of carbonyl (C=O) groups is 1. The molecule has 1 rings (SSSR count). The van der Waals surface area contributed by atoms with E-state index in [0.29, 0.717) is 13.0 Å². The Morgan fingerprint density at radius 1 is 1.50 bits per heavy atom. The van der Waals surface area contributed by atoms with Crippen LogP contribution in [0.5, 0.6) is 0 Å². The summed E-state index contributed by atoms with van der Waals surface area (Å²) in [6, 6.07) is 0.117. The molecule has 0 aromatic carbocycles. The molecule has 3 N–H and O–H groups in total. The highest BCUT2D eigenvalue weighted by Crippen LogP contribution is 2.03. The van der Waals surface area contributed by atoms with Crippen LogP contribution in [-0.4, -0.2) is 28.3 Å². The molecule has 0 fully saturated rings. The summed E-state index contributed by atoms with van der Waals surface area (Å²) in [5.74, 6) is 0.0745. The summed E-state index contributed by atoms with van der Waals surface area (Å²) < 4.78 is 1.75. The van der Waals surface area contributed by atoms with Crippen molar-refractivity contribution in [2.24, 2.45) is 12.8 Å². The summed E-state index contributed by atoms with van der Waals surface area (Å²) >= 11 is 0. The first-order valence-corrected chi connectivity index (χ1v) is 6.62. The first-order chi connectivity index (χ1) is 8.65. The Bertz CT molecular complexity index is 371. The molecule has 5 nitrogen and oxygen atoms in total. The Labute approximate surface area is 133 Å². The summed E-state index contributed by atoms with van der Waals surface area (Å²) in [5.41, 5.74) is 6.73. The standard InChI is InChI=1S/C13H24N4O.2ClH/c1-3-4-5-12(8-14)16-13(18)7-6-11-9-15-17(2)10-11;;/h9-10,12H,3-8,14H2,1-2H3,(H,16,18);2*1H. The van der Waals surface area contributed by atoms with E-state index >= 15 is 0 Å². The van der Waals surface area contributed by atoms with Crippen LogP contribution in [0.4, 0.5) is 0 Å². The van der Waals surface area contributed by atoms with Crippen molar-refractivity contribution < 1.29 is 4.79 Å². The predicted octanol–water partition coefficient (Wildman–Crippen LogP) is 1.83. The van der Waals surface area contributed by atoms with E-state index in [2.05, 4.69) is 17.3 Å². The van der Waals surface area contributed by atoms with Crippen LogP contribution in [-0.2, 0) is 18.3 Å². The number of nitrogens with one attached hydrogen (secondary N) is 1. The second kappa shape index (κ2) is 12.0. The molecule has 0 saturated carbocycles. The van der Waals surface area contributed by atoms with Crippen LogP contribution in [0.2, 0.25) is 0 Å². The molecule has 1 amide bonds. The van der Waals surface area contributed by atoms with Gasteiger partial charge in [-0.05, 0) is 18.4 Å². The third-order valence-electron chi connectivity index (χ3n) is 2.95. The fourth-order valence-corrected chi connectivity index (χ4v) is 1.86. The molecule has 1 heterocycles. The van der Waals surface area contributed by atoms with Crippen molar-refractivity contribution in [3.05, 3.63) is 18.0 Å². The third-order valence-corrected chi connectivity index (χ3v) is 2.95. The van der Waals surface area contributed by atoms with E-state index in [1.165, 1.54) is 0 Å². The number of aryl methyl sites for hydroxylation is 2. The second-order valence-electron chi connectivity index (χ2n) is 4.66. The summed E-state index contributed by atoms with van der Waals surface area (Å²) in [6.45, 7) is 2.65. The lowest BCUT2D eigenvalue weighted by Crippen LogP contribution is -2.40. The van der Waals surface area contributed by atoms with E-state index in [1.54, 1.807) is 10.9 Å². The predicted molar refractivity (Wildman–Crippen MR) is 86.5 cm³/mol. The van der Waals surface area contributed by atoms with Gasteiger partial charge in [-0.2, -0.15) is 5.10 Å². The van der Waals surface area contributed by atoms with Crippen LogP contribution in [0.15, 0.2) is 12.4 Å².